The quantitative estimate of drug-likeness (QED) is 0.320. The molecule has 0 saturated heterocycles. The Labute approximate surface area is 208 Å². The molecular weight excluding hydrogens is 466 g/mol. The molecule has 5 rings (SSSR count). The molecule has 2 aromatic carbocycles. The Morgan fingerprint density at radius 3 is 2.68 bits per heavy atom. The molecule has 1 N–H and O–H groups in total. The number of anilines is 1. The Morgan fingerprint density at radius 1 is 1.09 bits per heavy atom. The van der Waals surface area contributed by atoms with E-state index in [1.54, 1.807) is 24.5 Å². The van der Waals surface area contributed by atoms with Gasteiger partial charge in [0.25, 0.3) is 5.91 Å². The highest BCUT2D eigenvalue weighted by Crippen LogP contribution is 2.38. The molecule has 2 aromatic heterocycles. The number of amides is 1. The number of hydrogen-bond donors (Lipinski definition) is 1. The number of pyridine rings is 1. The van der Waals surface area contributed by atoms with Crippen LogP contribution in [0.4, 0.5) is 5.00 Å². The molecule has 0 atom stereocenters. The SMILES string of the molecule is COc1ccccc1-c1cc(C(=O)Nc2sc3c(c2C#N)CCCCC3)c2ccccc2n1.Cl. The highest BCUT2D eigenvalue weighted by molar-refractivity contribution is 7.16. The fourth-order valence-corrected chi connectivity index (χ4v) is 5.71. The van der Waals surface area contributed by atoms with Crippen molar-refractivity contribution in [1.82, 2.24) is 4.98 Å². The van der Waals surface area contributed by atoms with E-state index in [0.717, 1.165) is 47.7 Å². The van der Waals surface area contributed by atoms with Crippen molar-refractivity contribution in [3.63, 3.8) is 0 Å². The molecule has 7 heteroatoms. The number of para-hydroxylation sites is 2. The van der Waals surface area contributed by atoms with Crippen molar-refractivity contribution >= 4 is 45.6 Å². The van der Waals surface area contributed by atoms with Crippen LogP contribution in [0.25, 0.3) is 22.2 Å². The van der Waals surface area contributed by atoms with Crippen molar-refractivity contribution in [3.05, 3.63) is 76.2 Å². The average molecular weight is 490 g/mol. The molecule has 0 bridgehead atoms. The van der Waals surface area contributed by atoms with Gasteiger partial charge in [-0.3, -0.25) is 4.79 Å². The zero-order valence-electron chi connectivity index (χ0n) is 18.8. The second-order valence-electron chi connectivity index (χ2n) is 8.11. The summed E-state index contributed by atoms with van der Waals surface area (Å²) in [5.41, 5.74) is 4.47. The van der Waals surface area contributed by atoms with E-state index in [0.29, 0.717) is 27.6 Å². The number of benzene rings is 2. The van der Waals surface area contributed by atoms with E-state index in [2.05, 4.69) is 11.4 Å². The lowest BCUT2D eigenvalue weighted by atomic mass is 10.0. The maximum atomic E-state index is 13.5. The standard InChI is InChI=1S/C27H23N3O2S.ClH/c1-32-24-13-8-6-11-19(24)23-15-20(17-9-5-7-12-22(17)29-23)26(31)30-27-21(16-28)18-10-3-2-4-14-25(18)33-27;/h5-9,11-13,15H,2-4,10,14H2,1H3,(H,30,31);1H. The van der Waals surface area contributed by atoms with E-state index >= 15 is 0 Å². The van der Waals surface area contributed by atoms with Crippen molar-refractivity contribution in [2.75, 3.05) is 12.4 Å². The molecule has 1 amide bonds. The van der Waals surface area contributed by atoms with E-state index in [1.165, 1.54) is 11.3 Å². The maximum absolute atomic E-state index is 13.5. The van der Waals surface area contributed by atoms with Crippen LogP contribution in [-0.2, 0) is 12.8 Å². The third kappa shape index (κ3) is 4.37. The lowest BCUT2D eigenvalue weighted by molar-refractivity contribution is 0.102. The number of aryl methyl sites for hydroxylation is 1. The molecule has 1 aliphatic rings. The minimum absolute atomic E-state index is 0. The minimum atomic E-state index is -0.238. The summed E-state index contributed by atoms with van der Waals surface area (Å²) in [6.07, 6.45) is 5.27. The van der Waals surface area contributed by atoms with E-state index < -0.39 is 0 Å². The second kappa shape index (κ2) is 10.3. The van der Waals surface area contributed by atoms with Gasteiger partial charge in [0, 0.05) is 15.8 Å². The third-order valence-corrected chi connectivity index (χ3v) is 7.31. The summed E-state index contributed by atoms with van der Waals surface area (Å²) in [6.45, 7) is 0. The van der Waals surface area contributed by atoms with E-state index in [4.69, 9.17) is 9.72 Å². The smallest absolute Gasteiger partial charge is 0.257 e. The summed E-state index contributed by atoms with van der Waals surface area (Å²) in [5, 5.41) is 14.3. The number of carbonyl (C=O) groups excluding carboxylic acids is 1. The second-order valence-corrected chi connectivity index (χ2v) is 9.21. The van der Waals surface area contributed by atoms with Crippen LogP contribution in [0.2, 0.25) is 0 Å². The van der Waals surface area contributed by atoms with Crippen LogP contribution in [0.3, 0.4) is 0 Å². The summed E-state index contributed by atoms with van der Waals surface area (Å²) in [5.74, 6) is 0.457. The van der Waals surface area contributed by atoms with Gasteiger partial charge < -0.3 is 10.1 Å². The number of carbonyl (C=O) groups is 1. The number of aromatic nitrogens is 1. The van der Waals surface area contributed by atoms with Crippen LogP contribution in [0.5, 0.6) is 5.75 Å². The maximum Gasteiger partial charge on any atom is 0.257 e. The largest absolute Gasteiger partial charge is 0.496 e. The zero-order valence-corrected chi connectivity index (χ0v) is 20.4. The van der Waals surface area contributed by atoms with Crippen molar-refractivity contribution in [2.45, 2.75) is 32.1 Å². The van der Waals surface area contributed by atoms with Gasteiger partial charge in [-0.05, 0) is 55.5 Å². The first-order valence-electron chi connectivity index (χ1n) is 11.1. The fraction of sp³-hybridized carbons (Fsp3) is 0.222. The summed E-state index contributed by atoms with van der Waals surface area (Å²) in [4.78, 5) is 19.6. The molecule has 1 aliphatic carbocycles. The molecule has 5 nitrogen and oxygen atoms in total. The van der Waals surface area contributed by atoms with Gasteiger partial charge >= 0.3 is 0 Å². The summed E-state index contributed by atoms with van der Waals surface area (Å²) < 4.78 is 5.52. The molecule has 2 heterocycles. The Morgan fingerprint density at radius 2 is 1.85 bits per heavy atom. The fourth-order valence-electron chi connectivity index (χ4n) is 4.48. The van der Waals surface area contributed by atoms with Crippen LogP contribution >= 0.6 is 23.7 Å². The summed E-state index contributed by atoms with van der Waals surface area (Å²) in [6, 6.07) is 19.4. The van der Waals surface area contributed by atoms with E-state index in [-0.39, 0.29) is 18.3 Å². The number of halogens is 1. The predicted octanol–water partition coefficient (Wildman–Crippen LogP) is 6.79. The monoisotopic (exact) mass is 489 g/mol. The summed E-state index contributed by atoms with van der Waals surface area (Å²) >= 11 is 1.54. The average Bonchev–Trinajstić information content (AvgIpc) is 3.01. The lowest BCUT2D eigenvalue weighted by Gasteiger charge is -2.12. The van der Waals surface area contributed by atoms with Crippen LogP contribution in [-0.4, -0.2) is 18.0 Å². The van der Waals surface area contributed by atoms with Crippen molar-refractivity contribution in [1.29, 1.82) is 5.26 Å². The van der Waals surface area contributed by atoms with Gasteiger partial charge in [0.1, 0.15) is 16.8 Å². The first-order valence-corrected chi connectivity index (χ1v) is 11.9. The number of fused-ring (bicyclic) bond motifs is 2. The van der Waals surface area contributed by atoms with Gasteiger partial charge in [-0.15, -0.1) is 23.7 Å². The highest BCUT2D eigenvalue weighted by atomic mass is 35.5. The number of methoxy groups -OCH3 is 1. The number of nitrogens with one attached hydrogen (secondary N) is 1. The molecule has 4 aromatic rings. The van der Waals surface area contributed by atoms with Gasteiger partial charge in [0.05, 0.1) is 29.4 Å². The molecule has 0 fully saturated rings. The number of hydrogen-bond acceptors (Lipinski definition) is 5. The van der Waals surface area contributed by atoms with Crippen molar-refractivity contribution < 1.29 is 9.53 Å². The molecular formula is C27H24ClN3O2S. The molecule has 0 radical (unpaired) electrons. The highest BCUT2D eigenvalue weighted by Gasteiger charge is 2.23. The first-order chi connectivity index (χ1) is 16.2. The lowest BCUT2D eigenvalue weighted by Crippen LogP contribution is -2.13. The first kappa shape index (κ1) is 23.7. The third-order valence-electron chi connectivity index (χ3n) is 6.10. The Kier molecular flexibility index (Phi) is 7.16. The molecule has 0 spiro atoms. The van der Waals surface area contributed by atoms with Crippen LogP contribution in [0.15, 0.2) is 54.6 Å². The predicted molar refractivity (Wildman–Crippen MR) is 139 cm³/mol. The van der Waals surface area contributed by atoms with E-state index in [9.17, 15) is 10.1 Å². The minimum Gasteiger partial charge on any atom is -0.496 e. The number of nitrogens with zero attached hydrogens (tertiary/aromatic N) is 2. The normalized spacial score (nSPS) is 12.7. The topological polar surface area (TPSA) is 75.0 Å². The van der Waals surface area contributed by atoms with Gasteiger partial charge in [-0.1, -0.05) is 36.8 Å². The van der Waals surface area contributed by atoms with Gasteiger partial charge in [-0.2, -0.15) is 5.26 Å². The Bertz CT molecular complexity index is 1410. The molecule has 0 unspecified atom stereocenters. The van der Waals surface area contributed by atoms with Gasteiger partial charge in [0.15, 0.2) is 0 Å². The van der Waals surface area contributed by atoms with Crippen molar-refractivity contribution in [3.8, 4) is 23.1 Å². The summed E-state index contributed by atoms with van der Waals surface area (Å²) in [7, 11) is 1.62. The Balaban J connectivity index is 0.00000274. The molecule has 0 aliphatic heterocycles. The number of ether oxygens (including phenoxy) is 1. The van der Waals surface area contributed by atoms with Crippen LogP contribution in [0, 0.1) is 11.3 Å². The molecule has 34 heavy (non-hydrogen) atoms. The number of nitriles is 1. The number of thiophene rings is 1. The van der Waals surface area contributed by atoms with Gasteiger partial charge in [0.2, 0.25) is 0 Å². The van der Waals surface area contributed by atoms with Crippen LogP contribution < -0.4 is 10.1 Å². The molecule has 0 saturated carbocycles. The van der Waals surface area contributed by atoms with E-state index in [1.807, 2.05) is 48.5 Å². The zero-order chi connectivity index (χ0) is 22.8. The van der Waals surface area contributed by atoms with Crippen molar-refractivity contribution in [2.24, 2.45) is 0 Å². The Hall–Kier alpha value is -3.40. The number of rotatable bonds is 4. The van der Waals surface area contributed by atoms with Crippen LogP contribution in [0.1, 0.15) is 45.6 Å². The van der Waals surface area contributed by atoms with Gasteiger partial charge in [-0.25, -0.2) is 4.98 Å². The molecule has 172 valence electrons.